The standard InChI is InChI=1S/C19H21N3O4S/c1-5-22-17(24)15(27-18(22)14(9-20)19(25)26-6-2)10-21-13-7-11(3)16(23)12(4)8-13/h7-8,10,21,23H,5-6H2,1-4H3. The van der Waals surface area contributed by atoms with Crippen molar-refractivity contribution in [1.29, 1.82) is 5.26 Å². The normalized spacial score (nSPS) is 12.5. The number of aryl methyl sites for hydroxylation is 2. The predicted molar refractivity (Wildman–Crippen MR) is 105 cm³/mol. The second-order valence-corrected chi connectivity index (χ2v) is 6.81. The van der Waals surface area contributed by atoms with Gasteiger partial charge < -0.3 is 15.2 Å². The summed E-state index contributed by atoms with van der Waals surface area (Å²) in [6.45, 7) is 7.45. The Labute approximate surface area is 160 Å². The second-order valence-electron chi connectivity index (χ2n) is 5.78. The summed E-state index contributed by atoms with van der Waals surface area (Å²) in [6, 6.07) is 5.37. The lowest BCUT2D eigenvalue weighted by molar-refractivity contribution is -0.136. The van der Waals surface area contributed by atoms with Gasteiger partial charge in [0, 0.05) is 18.4 Å². The van der Waals surface area contributed by atoms with Gasteiger partial charge in [-0.25, -0.2) is 4.79 Å². The second kappa shape index (κ2) is 8.56. The number of rotatable bonds is 5. The highest BCUT2D eigenvalue weighted by Crippen LogP contribution is 2.25. The molecule has 2 aromatic rings. The number of benzene rings is 1. The molecule has 7 nitrogen and oxygen atoms in total. The molecule has 27 heavy (non-hydrogen) atoms. The van der Waals surface area contributed by atoms with Crippen molar-refractivity contribution in [3.8, 4) is 11.8 Å². The predicted octanol–water partition coefficient (Wildman–Crippen LogP) is 1.34. The molecule has 0 aliphatic carbocycles. The molecule has 0 radical (unpaired) electrons. The third-order valence-electron chi connectivity index (χ3n) is 3.89. The van der Waals surface area contributed by atoms with Crippen molar-refractivity contribution in [2.24, 2.45) is 0 Å². The van der Waals surface area contributed by atoms with Crippen LogP contribution in [-0.2, 0) is 16.1 Å². The summed E-state index contributed by atoms with van der Waals surface area (Å²) in [5, 5.41) is 22.2. The lowest BCUT2D eigenvalue weighted by Crippen LogP contribution is -2.32. The fourth-order valence-corrected chi connectivity index (χ4v) is 3.64. The van der Waals surface area contributed by atoms with Crippen molar-refractivity contribution < 1.29 is 14.6 Å². The number of anilines is 1. The monoisotopic (exact) mass is 387 g/mol. The van der Waals surface area contributed by atoms with E-state index in [1.54, 1.807) is 39.8 Å². The van der Waals surface area contributed by atoms with Gasteiger partial charge in [0.2, 0.25) is 0 Å². The number of carbonyl (C=O) groups is 1. The molecule has 0 spiro atoms. The number of esters is 1. The average Bonchev–Trinajstić information content (AvgIpc) is 2.94. The molecule has 0 unspecified atom stereocenters. The third-order valence-corrected chi connectivity index (χ3v) is 5.02. The fourth-order valence-electron chi connectivity index (χ4n) is 2.56. The molecule has 0 fully saturated rings. The number of nitrogens with one attached hydrogen (secondary N) is 1. The summed E-state index contributed by atoms with van der Waals surface area (Å²) in [5.41, 5.74) is 1.67. The van der Waals surface area contributed by atoms with E-state index in [-0.39, 0.29) is 28.2 Å². The first-order valence-corrected chi connectivity index (χ1v) is 9.23. The van der Waals surface area contributed by atoms with Gasteiger partial charge in [-0.2, -0.15) is 5.26 Å². The van der Waals surface area contributed by atoms with Crippen molar-refractivity contribution in [3.05, 3.63) is 42.8 Å². The molecule has 2 rings (SSSR count). The molecule has 0 aliphatic rings. The van der Waals surface area contributed by atoms with Crippen molar-refractivity contribution in [2.45, 2.75) is 34.2 Å². The Bertz CT molecular complexity index is 1070. The first-order chi connectivity index (χ1) is 12.8. The van der Waals surface area contributed by atoms with Gasteiger partial charge in [-0.1, -0.05) is 0 Å². The molecular formula is C19H21N3O4S. The minimum atomic E-state index is -0.743. The van der Waals surface area contributed by atoms with E-state index in [1.165, 1.54) is 10.8 Å². The molecule has 2 N–H and O–H groups in total. The Hall–Kier alpha value is -3.05. The zero-order valence-electron chi connectivity index (χ0n) is 15.6. The number of phenols is 1. The number of aromatic nitrogens is 1. The SMILES string of the molecule is CCOC(=O)C(C#N)=c1sc(=CNc2cc(C)c(O)c(C)c2)c(=O)n1CC. The molecule has 1 aromatic carbocycles. The van der Waals surface area contributed by atoms with E-state index in [9.17, 15) is 20.0 Å². The van der Waals surface area contributed by atoms with Crippen molar-refractivity contribution in [2.75, 3.05) is 11.9 Å². The Kier molecular flexibility index (Phi) is 6.42. The quantitative estimate of drug-likeness (QED) is 0.593. The Balaban J connectivity index is 2.59. The number of hydrogen-bond acceptors (Lipinski definition) is 7. The van der Waals surface area contributed by atoms with Crippen LogP contribution in [0.1, 0.15) is 25.0 Å². The minimum absolute atomic E-state index is 0.145. The minimum Gasteiger partial charge on any atom is -0.507 e. The summed E-state index contributed by atoms with van der Waals surface area (Å²) in [7, 11) is 0. The summed E-state index contributed by atoms with van der Waals surface area (Å²) in [6.07, 6.45) is 1.54. The van der Waals surface area contributed by atoms with Crippen LogP contribution < -0.4 is 20.1 Å². The number of aromatic hydroxyl groups is 1. The van der Waals surface area contributed by atoms with E-state index in [0.717, 1.165) is 17.0 Å². The van der Waals surface area contributed by atoms with Crippen LogP contribution in [0.5, 0.6) is 5.75 Å². The highest BCUT2D eigenvalue weighted by atomic mass is 32.1. The van der Waals surface area contributed by atoms with Crippen molar-refractivity contribution in [3.63, 3.8) is 0 Å². The Morgan fingerprint density at radius 3 is 2.52 bits per heavy atom. The first-order valence-electron chi connectivity index (χ1n) is 8.42. The molecule has 1 aromatic heterocycles. The number of nitrogens with zero attached hydrogens (tertiary/aromatic N) is 2. The van der Waals surface area contributed by atoms with Crippen LogP contribution in [-0.4, -0.2) is 22.2 Å². The molecule has 0 amide bonds. The van der Waals surface area contributed by atoms with Crippen LogP contribution in [0, 0.1) is 25.2 Å². The Morgan fingerprint density at radius 2 is 2.00 bits per heavy atom. The first kappa shape index (κ1) is 20.3. The lowest BCUT2D eigenvalue weighted by atomic mass is 10.1. The van der Waals surface area contributed by atoms with Crippen LogP contribution in [0.25, 0.3) is 11.8 Å². The third kappa shape index (κ3) is 4.20. The van der Waals surface area contributed by atoms with Crippen molar-refractivity contribution in [1.82, 2.24) is 4.57 Å². The van der Waals surface area contributed by atoms with E-state index in [1.807, 2.05) is 6.07 Å². The molecule has 0 bridgehead atoms. The van der Waals surface area contributed by atoms with Gasteiger partial charge in [0.05, 0.1) is 6.61 Å². The van der Waals surface area contributed by atoms with Gasteiger partial charge in [-0.05, 0) is 51.0 Å². The number of nitriles is 1. The zero-order chi connectivity index (χ0) is 20.1. The number of hydrogen-bond donors (Lipinski definition) is 2. The van der Waals surface area contributed by atoms with E-state index >= 15 is 0 Å². The van der Waals surface area contributed by atoms with Crippen LogP contribution in [0.4, 0.5) is 5.69 Å². The lowest BCUT2D eigenvalue weighted by Gasteiger charge is -2.07. The van der Waals surface area contributed by atoms with Gasteiger partial charge >= 0.3 is 5.97 Å². The molecule has 8 heteroatoms. The number of carbonyl (C=O) groups excluding carboxylic acids is 1. The number of ether oxygens (including phenoxy) is 1. The molecule has 0 saturated carbocycles. The summed E-state index contributed by atoms with van der Waals surface area (Å²) in [4.78, 5) is 24.6. The molecule has 0 atom stereocenters. The van der Waals surface area contributed by atoms with Crippen LogP contribution in [0.15, 0.2) is 16.9 Å². The molecule has 0 saturated heterocycles. The summed E-state index contributed by atoms with van der Waals surface area (Å²) in [5.74, 6) is -0.511. The van der Waals surface area contributed by atoms with Crippen LogP contribution in [0.2, 0.25) is 0 Å². The number of phenolic OH excluding ortho intramolecular Hbond substituents is 1. The number of thiazole rings is 1. The summed E-state index contributed by atoms with van der Waals surface area (Å²) < 4.78 is 6.91. The smallest absolute Gasteiger partial charge is 0.351 e. The van der Waals surface area contributed by atoms with E-state index < -0.39 is 5.97 Å². The zero-order valence-corrected chi connectivity index (χ0v) is 16.4. The largest absolute Gasteiger partial charge is 0.507 e. The molecular weight excluding hydrogens is 366 g/mol. The van der Waals surface area contributed by atoms with E-state index in [4.69, 9.17) is 4.74 Å². The topological polar surface area (TPSA) is 104 Å². The van der Waals surface area contributed by atoms with Gasteiger partial charge in [0.15, 0.2) is 5.57 Å². The van der Waals surface area contributed by atoms with E-state index in [2.05, 4.69) is 5.32 Å². The average molecular weight is 387 g/mol. The molecule has 1 heterocycles. The van der Waals surface area contributed by atoms with Gasteiger partial charge in [0.25, 0.3) is 5.56 Å². The van der Waals surface area contributed by atoms with Gasteiger partial charge in [0.1, 0.15) is 21.0 Å². The molecule has 142 valence electrons. The van der Waals surface area contributed by atoms with Crippen LogP contribution in [0.3, 0.4) is 0 Å². The molecule has 0 aliphatic heterocycles. The highest BCUT2D eigenvalue weighted by Gasteiger charge is 2.16. The van der Waals surface area contributed by atoms with Crippen LogP contribution >= 0.6 is 11.3 Å². The maximum absolute atomic E-state index is 12.6. The maximum Gasteiger partial charge on any atom is 0.351 e. The Morgan fingerprint density at radius 1 is 1.37 bits per heavy atom. The van der Waals surface area contributed by atoms with E-state index in [0.29, 0.717) is 22.2 Å². The van der Waals surface area contributed by atoms with Crippen molar-refractivity contribution >= 4 is 34.8 Å². The van der Waals surface area contributed by atoms with Gasteiger partial charge in [-0.3, -0.25) is 9.36 Å². The van der Waals surface area contributed by atoms with Gasteiger partial charge in [-0.15, -0.1) is 11.3 Å². The fraction of sp³-hybridized carbons (Fsp3) is 0.316. The highest BCUT2D eigenvalue weighted by molar-refractivity contribution is 7.07. The summed E-state index contributed by atoms with van der Waals surface area (Å²) >= 11 is 1.05. The maximum atomic E-state index is 12.6.